The number of urea groups is 1. The van der Waals surface area contributed by atoms with Crippen LogP contribution in [0.2, 0.25) is 0 Å². The van der Waals surface area contributed by atoms with Gasteiger partial charge in [0, 0.05) is 24.5 Å². The van der Waals surface area contributed by atoms with Crippen molar-refractivity contribution in [2.24, 2.45) is 0 Å². The Kier molecular flexibility index (Phi) is 4.65. The van der Waals surface area contributed by atoms with Gasteiger partial charge in [0.25, 0.3) is 0 Å². The van der Waals surface area contributed by atoms with Crippen molar-refractivity contribution in [3.8, 4) is 0 Å². The topological polar surface area (TPSA) is 58.4 Å². The largest absolute Gasteiger partial charge is 0.467 e. The van der Waals surface area contributed by atoms with E-state index in [0.29, 0.717) is 12.6 Å². The Hall–Kier alpha value is -2.30. The van der Waals surface area contributed by atoms with Crippen LogP contribution >= 0.6 is 0 Å². The Morgan fingerprint density at radius 1 is 1.43 bits per heavy atom. The summed E-state index contributed by atoms with van der Waals surface area (Å²) < 4.78 is 5.46. The minimum absolute atomic E-state index is 0.0172. The number of amides is 2. The van der Waals surface area contributed by atoms with Gasteiger partial charge in [0.05, 0.1) is 12.3 Å². The average Bonchev–Trinajstić information content (AvgIpc) is 3.21. The monoisotopic (exact) mass is 313 g/mol. The van der Waals surface area contributed by atoms with Crippen molar-refractivity contribution in [3.63, 3.8) is 0 Å². The Morgan fingerprint density at radius 3 is 2.87 bits per heavy atom. The van der Waals surface area contributed by atoms with Crippen LogP contribution in [-0.2, 0) is 6.42 Å². The van der Waals surface area contributed by atoms with Crippen molar-refractivity contribution >= 4 is 6.03 Å². The van der Waals surface area contributed by atoms with Crippen molar-refractivity contribution in [2.45, 2.75) is 45.2 Å². The second-order valence-electron chi connectivity index (χ2n) is 6.12. The molecule has 0 bridgehead atoms. The zero-order valence-electron chi connectivity index (χ0n) is 13.7. The molecule has 1 aliphatic carbocycles. The average molecular weight is 313 g/mol. The van der Waals surface area contributed by atoms with Gasteiger partial charge in [-0.3, -0.25) is 4.98 Å². The van der Waals surface area contributed by atoms with E-state index in [0.717, 1.165) is 36.3 Å². The maximum absolute atomic E-state index is 12.6. The molecule has 1 aliphatic rings. The molecule has 2 aromatic heterocycles. The molecule has 1 saturated carbocycles. The normalized spacial score (nSPS) is 15.2. The van der Waals surface area contributed by atoms with Gasteiger partial charge in [-0.2, -0.15) is 0 Å². The first-order valence-electron chi connectivity index (χ1n) is 8.16. The molecule has 122 valence electrons. The second kappa shape index (κ2) is 6.86. The summed E-state index contributed by atoms with van der Waals surface area (Å²) in [5.74, 6) is 0.829. The molecule has 0 unspecified atom stereocenters. The number of hydrogen-bond acceptors (Lipinski definition) is 3. The minimum atomic E-state index is -0.0430. The molecule has 1 N–H and O–H groups in total. The third kappa shape index (κ3) is 3.92. The highest BCUT2D eigenvalue weighted by Gasteiger charge is 2.37. The van der Waals surface area contributed by atoms with Gasteiger partial charge < -0.3 is 14.6 Å². The summed E-state index contributed by atoms with van der Waals surface area (Å²) in [5, 5.41) is 3.03. The van der Waals surface area contributed by atoms with Crippen molar-refractivity contribution < 1.29 is 9.21 Å². The van der Waals surface area contributed by atoms with E-state index in [-0.39, 0.29) is 12.1 Å². The van der Waals surface area contributed by atoms with E-state index in [9.17, 15) is 4.79 Å². The van der Waals surface area contributed by atoms with Crippen molar-refractivity contribution in [1.29, 1.82) is 0 Å². The molecule has 0 aliphatic heterocycles. The number of nitrogens with one attached hydrogen (secondary N) is 1. The van der Waals surface area contributed by atoms with Gasteiger partial charge in [-0.15, -0.1) is 0 Å². The highest BCUT2D eigenvalue weighted by molar-refractivity contribution is 5.75. The SMILES string of the molecule is Cc1ccc(CCNC(=O)N(C2CC2)[C@H](C)c2ccco2)cn1. The third-order valence-electron chi connectivity index (χ3n) is 4.21. The molecular formula is C18H23N3O2. The van der Waals surface area contributed by atoms with E-state index in [1.807, 2.05) is 43.1 Å². The molecule has 3 rings (SSSR count). The first kappa shape index (κ1) is 15.6. The van der Waals surface area contributed by atoms with E-state index in [1.54, 1.807) is 6.26 Å². The number of pyridine rings is 1. The number of rotatable bonds is 6. The van der Waals surface area contributed by atoms with Gasteiger partial charge >= 0.3 is 6.03 Å². The van der Waals surface area contributed by atoms with Gasteiger partial charge in [-0.05, 0) is 56.9 Å². The first-order valence-corrected chi connectivity index (χ1v) is 8.16. The van der Waals surface area contributed by atoms with Crippen LogP contribution in [0.1, 0.15) is 42.8 Å². The molecule has 1 atom stereocenters. The van der Waals surface area contributed by atoms with Crippen molar-refractivity contribution in [2.75, 3.05) is 6.54 Å². The Bertz CT molecular complexity index is 633. The molecule has 2 aromatic rings. The Labute approximate surface area is 136 Å². The number of hydrogen-bond donors (Lipinski definition) is 1. The summed E-state index contributed by atoms with van der Waals surface area (Å²) in [6.07, 6.45) is 6.44. The molecular weight excluding hydrogens is 290 g/mol. The van der Waals surface area contributed by atoms with Gasteiger partial charge in [-0.25, -0.2) is 4.79 Å². The van der Waals surface area contributed by atoms with Gasteiger partial charge in [-0.1, -0.05) is 6.07 Å². The summed E-state index contributed by atoms with van der Waals surface area (Å²) in [7, 11) is 0. The molecule has 0 spiro atoms. The summed E-state index contributed by atoms with van der Waals surface area (Å²) in [6.45, 7) is 4.59. The number of furan rings is 1. The highest BCUT2D eigenvalue weighted by atomic mass is 16.3. The summed E-state index contributed by atoms with van der Waals surface area (Å²) in [4.78, 5) is 18.7. The smallest absolute Gasteiger partial charge is 0.318 e. The van der Waals surface area contributed by atoms with Crippen LogP contribution in [0.5, 0.6) is 0 Å². The van der Waals surface area contributed by atoms with Crippen LogP contribution in [-0.4, -0.2) is 28.5 Å². The van der Waals surface area contributed by atoms with Crippen LogP contribution in [0.25, 0.3) is 0 Å². The fourth-order valence-electron chi connectivity index (χ4n) is 2.73. The van der Waals surface area contributed by atoms with Crippen LogP contribution in [0.15, 0.2) is 41.1 Å². The van der Waals surface area contributed by atoms with Crippen molar-refractivity contribution in [1.82, 2.24) is 15.2 Å². The standard InChI is InChI=1S/C18H23N3O2/c1-13-5-6-15(12-20-13)9-10-19-18(22)21(16-7-8-16)14(2)17-4-3-11-23-17/h3-6,11-12,14,16H,7-10H2,1-2H3,(H,19,22)/t14-/m1/s1. The highest BCUT2D eigenvalue weighted by Crippen LogP contribution is 2.34. The second-order valence-corrected chi connectivity index (χ2v) is 6.12. The fourth-order valence-corrected chi connectivity index (χ4v) is 2.73. The number of aromatic nitrogens is 1. The maximum Gasteiger partial charge on any atom is 0.318 e. The van der Waals surface area contributed by atoms with E-state index < -0.39 is 0 Å². The number of carbonyl (C=O) groups excluding carboxylic acids is 1. The molecule has 23 heavy (non-hydrogen) atoms. The van der Waals surface area contributed by atoms with Crippen LogP contribution in [0.4, 0.5) is 4.79 Å². The van der Waals surface area contributed by atoms with Crippen molar-refractivity contribution in [3.05, 3.63) is 53.7 Å². The molecule has 2 heterocycles. The third-order valence-corrected chi connectivity index (χ3v) is 4.21. The lowest BCUT2D eigenvalue weighted by Crippen LogP contribution is -2.43. The lowest BCUT2D eigenvalue weighted by atomic mass is 10.2. The minimum Gasteiger partial charge on any atom is -0.467 e. The predicted octanol–water partition coefficient (Wildman–Crippen LogP) is 3.46. The number of nitrogens with zero attached hydrogens (tertiary/aromatic N) is 2. The molecule has 0 saturated heterocycles. The molecule has 0 radical (unpaired) electrons. The molecule has 2 amide bonds. The quantitative estimate of drug-likeness (QED) is 0.888. The lowest BCUT2D eigenvalue weighted by molar-refractivity contribution is 0.166. The molecule has 5 nitrogen and oxygen atoms in total. The van der Waals surface area contributed by atoms with Gasteiger partial charge in [0.2, 0.25) is 0 Å². The van der Waals surface area contributed by atoms with Crippen LogP contribution in [0, 0.1) is 6.92 Å². The van der Waals surface area contributed by atoms with Crippen LogP contribution in [0.3, 0.4) is 0 Å². The van der Waals surface area contributed by atoms with E-state index in [2.05, 4.69) is 16.4 Å². The zero-order chi connectivity index (χ0) is 16.2. The Balaban J connectivity index is 1.55. The van der Waals surface area contributed by atoms with Gasteiger partial charge in [0.15, 0.2) is 0 Å². The molecule has 0 aromatic carbocycles. The first-order chi connectivity index (χ1) is 11.1. The lowest BCUT2D eigenvalue weighted by Gasteiger charge is -2.28. The number of carbonyl (C=O) groups is 1. The summed E-state index contributed by atoms with van der Waals surface area (Å²) >= 11 is 0. The fraction of sp³-hybridized carbons (Fsp3) is 0.444. The molecule has 1 fully saturated rings. The predicted molar refractivity (Wildman–Crippen MR) is 88.1 cm³/mol. The maximum atomic E-state index is 12.6. The zero-order valence-corrected chi connectivity index (χ0v) is 13.7. The van der Waals surface area contributed by atoms with Gasteiger partial charge in [0.1, 0.15) is 5.76 Å². The van der Waals surface area contributed by atoms with E-state index in [1.165, 1.54) is 0 Å². The summed E-state index contributed by atoms with van der Waals surface area (Å²) in [5.41, 5.74) is 2.14. The molecule has 5 heteroatoms. The summed E-state index contributed by atoms with van der Waals surface area (Å²) in [6, 6.07) is 8.10. The van der Waals surface area contributed by atoms with E-state index in [4.69, 9.17) is 4.42 Å². The van der Waals surface area contributed by atoms with Crippen LogP contribution < -0.4 is 5.32 Å². The Morgan fingerprint density at radius 2 is 2.26 bits per heavy atom. The number of aryl methyl sites for hydroxylation is 1. The van der Waals surface area contributed by atoms with E-state index >= 15 is 0 Å².